The van der Waals surface area contributed by atoms with Gasteiger partial charge < -0.3 is 10.2 Å². The first-order valence-electron chi connectivity index (χ1n) is 7.89. The average molecular weight is 258 g/mol. The number of piperidine rings is 1. The normalized spacial score (nSPS) is 19.7. The Labute approximate surface area is 117 Å². The predicted molar refractivity (Wildman–Crippen MR) is 81.9 cm³/mol. The second-order valence-corrected chi connectivity index (χ2v) is 6.15. The molecule has 104 valence electrons. The van der Waals surface area contributed by atoms with Crippen LogP contribution in [0, 0.1) is 12.8 Å². The molecule has 1 saturated heterocycles. The van der Waals surface area contributed by atoms with Gasteiger partial charge in [-0.05, 0) is 75.2 Å². The van der Waals surface area contributed by atoms with Crippen LogP contribution < -0.4 is 10.2 Å². The van der Waals surface area contributed by atoms with Crippen LogP contribution in [0.4, 0.5) is 5.69 Å². The van der Waals surface area contributed by atoms with E-state index in [1.165, 1.54) is 69.5 Å². The highest BCUT2D eigenvalue weighted by atomic mass is 15.1. The minimum atomic E-state index is 0.973. The molecule has 2 heteroatoms. The van der Waals surface area contributed by atoms with Crippen molar-refractivity contribution in [3.05, 3.63) is 29.3 Å². The Bertz CT molecular complexity index is 421. The van der Waals surface area contributed by atoms with Crippen molar-refractivity contribution < 1.29 is 0 Å². The van der Waals surface area contributed by atoms with Gasteiger partial charge in [0.05, 0.1) is 0 Å². The molecule has 0 atom stereocenters. The zero-order valence-corrected chi connectivity index (χ0v) is 12.1. The molecular weight excluding hydrogens is 232 g/mol. The van der Waals surface area contributed by atoms with Crippen molar-refractivity contribution in [2.75, 3.05) is 31.1 Å². The molecular formula is C17H26N2. The van der Waals surface area contributed by atoms with Gasteiger partial charge in [0.2, 0.25) is 0 Å². The summed E-state index contributed by atoms with van der Waals surface area (Å²) in [6.07, 6.45) is 6.79. The minimum absolute atomic E-state index is 0.973. The second kappa shape index (κ2) is 5.96. The van der Waals surface area contributed by atoms with Crippen LogP contribution in [0.3, 0.4) is 0 Å². The fourth-order valence-electron chi connectivity index (χ4n) is 3.65. The van der Waals surface area contributed by atoms with Crippen molar-refractivity contribution in [3.8, 4) is 0 Å². The third-order valence-corrected chi connectivity index (χ3v) is 4.86. The lowest BCUT2D eigenvalue weighted by Gasteiger charge is -2.24. The van der Waals surface area contributed by atoms with E-state index < -0.39 is 0 Å². The van der Waals surface area contributed by atoms with Gasteiger partial charge in [0.25, 0.3) is 0 Å². The fourth-order valence-corrected chi connectivity index (χ4v) is 3.65. The van der Waals surface area contributed by atoms with Crippen molar-refractivity contribution in [1.29, 1.82) is 0 Å². The number of anilines is 1. The highest BCUT2D eigenvalue weighted by Crippen LogP contribution is 2.30. The molecule has 0 spiro atoms. The highest BCUT2D eigenvalue weighted by Gasteiger charge is 2.20. The van der Waals surface area contributed by atoms with E-state index in [1.54, 1.807) is 5.56 Å². The number of rotatable bonds is 4. The minimum Gasteiger partial charge on any atom is -0.371 e. The van der Waals surface area contributed by atoms with Crippen LogP contribution >= 0.6 is 0 Å². The van der Waals surface area contributed by atoms with E-state index in [9.17, 15) is 0 Å². The standard InChI is InChI=1S/C17H26N2/c1-14-4-2-6-17-16(14)9-13-19(17)12-3-5-15-7-10-18-11-8-15/h2,4,6,15,18H,3,5,7-13H2,1H3. The first-order valence-corrected chi connectivity index (χ1v) is 7.89. The van der Waals surface area contributed by atoms with Crippen LogP contribution in [0.5, 0.6) is 0 Å². The molecule has 2 aliphatic heterocycles. The Hall–Kier alpha value is -1.02. The van der Waals surface area contributed by atoms with E-state index in [0.717, 1.165) is 5.92 Å². The average Bonchev–Trinajstić information content (AvgIpc) is 2.85. The van der Waals surface area contributed by atoms with Crippen LogP contribution in [0.25, 0.3) is 0 Å². The molecule has 2 nitrogen and oxygen atoms in total. The number of nitrogens with one attached hydrogen (secondary N) is 1. The lowest BCUT2D eigenvalue weighted by Crippen LogP contribution is -2.28. The second-order valence-electron chi connectivity index (χ2n) is 6.15. The molecule has 3 rings (SSSR count). The van der Waals surface area contributed by atoms with Crippen LogP contribution in [-0.4, -0.2) is 26.2 Å². The molecule has 2 heterocycles. The van der Waals surface area contributed by atoms with E-state index in [-0.39, 0.29) is 0 Å². The summed E-state index contributed by atoms with van der Waals surface area (Å²) in [6.45, 7) is 7.19. The Morgan fingerprint density at radius 2 is 2.11 bits per heavy atom. The van der Waals surface area contributed by atoms with Crippen LogP contribution in [0.15, 0.2) is 18.2 Å². The molecule has 19 heavy (non-hydrogen) atoms. The van der Waals surface area contributed by atoms with Crippen LogP contribution in [0.2, 0.25) is 0 Å². The summed E-state index contributed by atoms with van der Waals surface area (Å²) in [5.41, 5.74) is 4.56. The summed E-state index contributed by atoms with van der Waals surface area (Å²) in [5.74, 6) is 0.973. The van der Waals surface area contributed by atoms with Gasteiger partial charge in [-0.1, -0.05) is 12.1 Å². The molecule has 1 aromatic rings. The molecule has 0 bridgehead atoms. The molecule has 0 amide bonds. The number of fused-ring (bicyclic) bond motifs is 1. The Kier molecular flexibility index (Phi) is 4.07. The number of aryl methyl sites for hydroxylation is 1. The van der Waals surface area contributed by atoms with Gasteiger partial charge in [-0.25, -0.2) is 0 Å². The van der Waals surface area contributed by atoms with E-state index in [1.807, 2.05) is 0 Å². The zero-order valence-electron chi connectivity index (χ0n) is 12.1. The molecule has 0 saturated carbocycles. The molecule has 0 aromatic heterocycles. The summed E-state index contributed by atoms with van der Waals surface area (Å²) in [7, 11) is 0. The summed E-state index contributed by atoms with van der Waals surface area (Å²) >= 11 is 0. The van der Waals surface area contributed by atoms with E-state index in [0.29, 0.717) is 0 Å². The van der Waals surface area contributed by atoms with Gasteiger partial charge in [0, 0.05) is 18.8 Å². The summed E-state index contributed by atoms with van der Waals surface area (Å²) in [5, 5.41) is 3.46. The van der Waals surface area contributed by atoms with Crippen molar-refractivity contribution >= 4 is 5.69 Å². The highest BCUT2D eigenvalue weighted by molar-refractivity contribution is 5.60. The van der Waals surface area contributed by atoms with Gasteiger partial charge in [-0.2, -0.15) is 0 Å². The molecule has 0 radical (unpaired) electrons. The van der Waals surface area contributed by atoms with Crippen molar-refractivity contribution in [2.24, 2.45) is 5.92 Å². The molecule has 2 aliphatic rings. The predicted octanol–water partition coefficient (Wildman–Crippen LogP) is 3.14. The smallest absolute Gasteiger partial charge is 0.0402 e. The molecule has 1 fully saturated rings. The zero-order chi connectivity index (χ0) is 13.1. The maximum Gasteiger partial charge on any atom is 0.0402 e. The van der Waals surface area contributed by atoms with Gasteiger partial charge in [0.1, 0.15) is 0 Å². The largest absolute Gasteiger partial charge is 0.371 e. The van der Waals surface area contributed by atoms with Gasteiger partial charge in [-0.3, -0.25) is 0 Å². The third-order valence-electron chi connectivity index (χ3n) is 4.86. The van der Waals surface area contributed by atoms with Gasteiger partial charge >= 0.3 is 0 Å². The Balaban J connectivity index is 1.51. The molecule has 0 aliphatic carbocycles. The summed E-state index contributed by atoms with van der Waals surface area (Å²) < 4.78 is 0. The maximum atomic E-state index is 3.46. The lowest BCUT2D eigenvalue weighted by molar-refractivity contribution is 0.348. The topological polar surface area (TPSA) is 15.3 Å². The lowest BCUT2D eigenvalue weighted by atomic mass is 9.93. The molecule has 0 unspecified atom stereocenters. The van der Waals surface area contributed by atoms with Crippen molar-refractivity contribution in [1.82, 2.24) is 5.32 Å². The SMILES string of the molecule is Cc1cccc2c1CCN2CCCC1CCNCC1. The monoisotopic (exact) mass is 258 g/mol. The molecule has 1 aromatic carbocycles. The Morgan fingerprint density at radius 1 is 1.26 bits per heavy atom. The van der Waals surface area contributed by atoms with Crippen molar-refractivity contribution in [2.45, 2.75) is 39.0 Å². The number of benzene rings is 1. The summed E-state index contributed by atoms with van der Waals surface area (Å²) in [6, 6.07) is 6.76. The van der Waals surface area contributed by atoms with Crippen LogP contribution in [0.1, 0.15) is 36.8 Å². The van der Waals surface area contributed by atoms with E-state index >= 15 is 0 Å². The first-order chi connectivity index (χ1) is 9.34. The van der Waals surface area contributed by atoms with Gasteiger partial charge in [0.15, 0.2) is 0 Å². The van der Waals surface area contributed by atoms with Crippen molar-refractivity contribution in [3.63, 3.8) is 0 Å². The number of hydrogen-bond acceptors (Lipinski definition) is 2. The number of nitrogens with zero attached hydrogens (tertiary/aromatic N) is 1. The molecule has 1 N–H and O–H groups in total. The van der Waals surface area contributed by atoms with E-state index in [4.69, 9.17) is 0 Å². The van der Waals surface area contributed by atoms with Crippen LogP contribution in [-0.2, 0) is 6.42 Å². The van der Waals surface area contributed by atoms with Gasteiger partial charge in [-0.15, -0.1) is 0 Å². The maximum absolute atomic E-state index is 3.46. The fraction of sp³-hybridized carbons (Fsp3) is 0.647. The first kappa shape index (κ1) is 13.0. The quantitative estimate of drug-likeness (QED) is 0.892. The van der Waals surface area contributed by atoms with E-state index in [2.05, 4.69) is 35.3 Å². The Morgan fingerprint density at radius 3 is 2.95 bits per heavy atom. The third kappa shape index (κ3) is 2.94. The summed E-state index contributed by atoms with van der Waals surface area (Å²) in [4.78, 5) is 2.60. The number of hydrogen-bond donors (Lipinski definition) is 1.